The molecular formula is C4H6NO2. The summed E-state index contributed by atoms with van der Waals surface area (Å²) < 4.78 is 0. The van der Waals surface area contributed by atoms with Crippen molar-refractivity contribution in [3.63, 3.8) is 0 Å². The van der Waals surface area contributed by atoms with Crippen LogP contribution in [0.3, 0.4) is 0 Å². The number of hydrogen-bond donors (Lipinski definition) is 0. The maximum atomic E-state index is 10.2. The van der Waals surface area contributed by atoms with Crippen LogP contribution < -0.4 is 0 Å². The molecule has 0 atom stereocenters. The molecule has 0 amide bonds. The Morgan fingerprint density at radius 3 is 2.57 bits per heavy atom. The van der Waals surface area contributed by atoms with E-state index in [1.54, 1.807) is 6.08 Å². The molecule has 0 aliphatic carbocycles. The minimum absolute atomic E-state index is 0.167. The summed E-state index contributed by atoms with van der Waals surface area (Å²) in [5.41, 5.74) is 0. The molecule has 1 radical (unpaired) electrons. The first kappa shape index (κ1) is 4.77. The van der Waals surface area contributed by atoms with Crippen LogP contribution in [0.4, 0.5) is 0 Å². The standard InChI is InChI=1S/C4H6NO2/c6-5(7)3-1-2-4-5/h1,3H,2,4H2. The summed E-state index contributed by atoms with van der Waals surface area (Å²) in [4.78, 5) is -1.43. The van der Waals surface area contributed by atoms with Gasteiger partial charge in [-0.2, -0.15) is 0 Å². The van der Waals surface area contributed by atoms with Crippen molar-refractivity contribution in [3.8, 4) is 0 Å². The van der Waals surface area contributed by atoms with Crippen molar-refractivity contribution < 1.29 is 10.0 Å². The Morgan fingerprint density at radius 1 is 1.71 bits per heavy atom. The van der Waals surface area contributed by atoms with Gasteiger partial charge in [-0.05, 0) is 6.08 Å². The van der Waals surface area contributed by atoms with Gasteiger partial charge in [0.2, 0.25) is 0 Å². The zero-order chi connectivity index (χ0) is 5.33. The monoisotopic (exact) mass is 100 g/mol. The predicted molar refractivity (Wildman–Crippen MR) is 22.9 cm³/mol. The van der Waals surface area contributed by atoms with E-state index in [4.69, 9.17) is 0 Å². The zero-order valence-corrected chi connectivity index (χ0v) is 3.83. The van der Waals surface area contributed by atoms with Crippen LogP contribution >= 0.6 is 0 Å². The summed E-state index contributed by atoms with van der Waals surface area (Å²) in [6.07, 6.45) is 3.37. The second-order valence-corrected chi connectivity index (χ2v) is 1.62. The fraction of sp³-hybridized carbons (Fsp3) is 0.500. The molecule has 1 rings (SSSR count). The molecule has 0 spiro atoms. The molecule has 0 N–H and O–H groups in total. The van der Waals surface area contributed by atoms with Crippen molar-refractivity contribution in [1.29, 1.82) is 0 Å². The van der Waals surface area contributed by atoms with Crippen LogP contribution in [-0.4, -0.2) is 11.4 Å². The topological polar surface area (TPSA) is 43.0 Å². The van der Waals surface area contributed by atoms with Crippen molar-refractivity contribution in [2.75, 3.05) is 6.54 Å². The van der Waals surface area contributed by atoms with Crippen molar-refractivity contribution in [2.45, 2.75) is 6.42 Å². The minimum atomic E-state index is -1.43. The molecule has 0 saturated heterocycles. The lowest BCUT2D eigenvalue weighted by Crippen LogP contribution is -2.26. The highest BCUT2D eigenvalue weighted by atomic mass is 16.8. The molecule has 0 fully saturated rings. The first-order chi connectivity index (χ1) is 3.21. The Labute approximate surface area is 41.6 Å². The highest BCUT2D eigenvalue weighted by Gasteiger charge is 2.15. The Hall–Kier alpha value is -0.380. The number of nitrogens with zero attached hydrogens (tertiary/aromatic N) is 1. The summed E-state index contributed by atoms with van der Waals surface area (Å²) in [6.45, 7) is 0.167. The molecule has 0 saturated carbocycles. The zero-order valence-electron chi connectivity index (χ0n) is 3.83. The van der Waals surface area contributed by atoms with Gasteiger partial charge in [-0.3, -0.25) is 0 Å². The molecular weight excluding hydrogens is 94.0 g/mol. The van der Waals surface area contributed by atoms with Crippen LogP contribution in [-0.2, 0) is 5.21 Å². The van der Waals surface area contributed by atoms with Gasteiger partial charge >= 0.3 is 0 Å². The molecule has 0 aromatic heterocycles. The highest BCUT2D eigenvalue weighted by Crippen LogP contribution is 2.10. The van der Waals surface area contributed by atoms with E-state index in [0.29, 0.717) is 6.42 Å². The van der Waals surface area contributed by atoms with E-state index in [-0.39, 0.29) is 6.54 Å². The second kappa shape index (κ2) is 1.30. The van der Waals surface area contributed by atoms with Crippen LogP contribution in [0.15, 0.2) is 12.3 Å². The Morgan fingerprint density at radius 2 is 2.43 bits per heavy atom. The largest absolute Gasteiger partial charge is 0.591 e. The Balaban J connectivity index is 2.57. The summed E-state index contributed by atoms with van der Waals surface area (Å²) in [7, 11) is 0. The van der Waals surface area contributed by atoms with E-state index in [1.807, 2.05) is 0 Å². The molecule has 0 aromatic rings. The van der Waals surface area contributed by atoms with E-state index in [2.05, 4.69) is 0 Å². The van der Waals surface area contributed by atoms with Gasteiger partial charge in [0, 0.05) is 11.6 Å². The maximum absolute atomic E-state index is 10.2. The normalized spacial score (nSPS) is 39.7. The van der Waals surface area contributed by atoms with Crippen molar-refractivity contribution >= 4 is 0 Å². The fourth-order valence-electron chi connectivity index (χ4n) is 0.564. The quantitative estimate of drug-likeness (QED) is 0.324. The van der Waals surface area contributed by atoms with Gasteiger partial charge in [0.1, 0.15) is 12.7 Å². The molecule has 39 valence electrons. The third kappa shape index (κ3) is 0.991. The average molecular weight is 100 g/mol. The van der Waals surface area contributed by atoms with Gasteiger partial charge in [0.05, 0.1) is 0 Å². The van der Waals surface area contributed by atoms with Gasteiger partial charge < -0.3 is 5.21 Å². The van der Waals surface area contributed by atoms with E-state index >= 15 is 0 Å². The van der Waals surface area contributed by atoms with Gasteiger partial charge in [-0.25, -0.2) is 0 Å². The predicted octanol–water partition coefficient (Wildman–Crippen LogP) is 0.564. The fourth-order valence-corrected chi connectivity index (χ4v) is 0.564. The van der Waals surface area contributed by atoms with Crippen LogP contribution in [0.25, 0.3) is 0 Å². The summed E-state index contributed by atoms with van der Waals surface area (Å²) in [5, 5.41) is 20.4. The lowest BCUT2D eigenvalue weighted by atomic mass is 10.5. The van der Waals surface area contributed by atoms with Gasteiger partial charge in [-0.1, -0.05) is 0 Å². The lowest BCUT2D eigenvalue weighted by Gasteiger charge is -2.19. The summed E-state index contributed by atoms with van der Waals surface area (Å²) >= 11 is 0. The third-order valence-corrected chi connectivity index (χ3v) is 0.940. The van der Waals surface area contributed by atoms with Gasteiger partial charge in [0.15, 0.2) is 0 Å². The average Bonchev–Trinajstić information content (AvgIpc) is 1.84. The number of hydroxylamine groups is 4. The highest BCUT2D eigenvalue weighted by molar-refractivity contribution is 4.79. The molecule has 3 nitrogen and oxygen atoms in total. The lowest BCUT2D eigenvalue weighted by molar-refractivity contribution is -1.05. The first-order valence-corrected chi connectivity index (χ1v) is 2.18. The number of quaternary nitrogens is 1. The van der Waals surface area contributed by atoms with E-state index in [0.717, 1.165) is 6.20 Å². The molecule has 0 unspecified atom stereocenters. The smallest absolute Gasteiger partial charge is 0.128 e. The molecule has 1 aliphatic rings. The Bertz CT molecular complexity index is 97.9. The maximum Gasteiger partial charge on any atom is 0.128 e. The van der Waals surface area contributed by atoms with Gasteiger partial charge in [-0.15, -0.1) is 4.81 Å². The SMILES string of the molecule is [O][N+]1([O-])C=CCC1. The van der Waals surface area contributed by atoms with Crippen LogP contribution in [0.5, 0.6) is 0 Å². The van der Waals surface area contributed by atoms with E-state index in [9.17, 15) is 10.4 Å². The second-order valence-electron chi connectivity index (χ2n) is 1.62. The summed E-state index contributed by atoms with van der Waals surface area (Å²) in [6, 6.07) is 0. The molecule has 0 bridgehead atoms. The van der Waals surface area contributed by atoms with Crippen molar-refractivity contribution in [1.82, 2.24) is 0 Å². The molecule has 1 aliphatic heterocycles. The van der Waals surface area contributed by atoms with Crippen molar-refractivity contribution in [3.05, 3.63) is 17.5 Å². The van der Waals surface area contributed by atoms with E-state index in [1.165, 1.54) is 0 Å². The van der Waals surface area contributed by atoms with Gasteiger partial charge in [0.25, 0.3) is 0 Å². The van der Waals surface area contributed by atoms with Crippen LogP contribution in [0.2, 0.25) is 0 Å². The van der Waals surface area contributed by atoms with Crippen LogP contribution in [0, 0.1) is 5.21 Å². The molecule has 7 heavy (non-hydrogen) atoms. The number of hydrogen-bond acceptors (Lipinski definition) is 1. The molecule has 3 heteroatoms. The third-order valence-electron chi connectivity index (χ3n) is 0.940. The van der Waals surface area contributed by atoms with Crippen LogP contribution in [0.1, 0.15) is 6.42 Å². The minimum Gasteiger partial charge on any atom is -0.591 e. The molecule has 0 aromatic carbocycles. The van der Waals surface area contributed by atoms with Crippen molar-refractivity contribution in [2.24, 2.45) is 0 Å². The summed E-state index contributed by atoms with van der Waals surface area (Å²) in [5.74, 6) is 0. The Kier molecular flexibility index (Phi) is 0.883. The number of rotatable bonds is 0. The molecule has 1 heterocycles. The van der Waals surface area contributed by atoms with E-state index < -0.39 is 4.81 Å². The first-order valence-electron chi connectivity index (χ1n) is 2.18.